The van der Waals surface area contributed by atoms with Crippen molar-refractivity contribution >= 4 is 16.7 Å². The van der Waals surface area contributed by atoms with Crippen LogP contribution in [0.5, 0.6) is 5.88 Å². The number of nitrogens with zero attached hydrogens (tertiary/aromatic N) is 4. The predicted molar refractivity (Wildman–Crippen MR) is 98.2 cm³/mol. The van der Waals surface area contributed by atoms with Gasteiger partial charge in [0.15, 0.2) is 0 Å². The summed E-state index contributed by atoms with van der Waals surface area (Å²) in [6.07, 6.45) is 1.80. The van der Waals surface area contributed by atoms with Crippen LogP contribution in [0.15, 0.2) is 24.4 Å². The van der Waals surface area contributed by atoms with Gasteiger partial charge in [0.05, 0.1) is 24.6 Å². The molecular weight excluding hydrogens is 318 g/mol. The second-order valence-electron chi connectivity index (χ2n) is 5.74. The molecule has 25 heavy (non-hydrogen) atoms. The molecule has 7 heteroatoms. The normalized spacial score (nSPS) is 11.0. The average Bonchev–Trinajstić information content (AvgIpc) is 3.05. The van der Waals surface area contributed by atoms with E-state index in [1.165, 1.54) is 0 Å². The minimum atomic E-state index is 0.573. The highest BCUT2D eigenvalue weighted by Crippen LogP contribution is 2.33. The van der Waals surface area contributed by atoms with Crippen LogP contribution < -0.4 is 9.64 Å². The van der Waals surface area contributed by atoms with Gasteiger partial charge >= 0.3 is 0 Å². The van der Waals surface area contributed by atoms with Crippen LogP contribution in [0.2, 0.25) is 0 Å². The van der Waals surface area contributed by atoms with Crippen LogP contribution in [0.1, 0.15) is 12.6 Å². The number of H-pyrrole nitrogens is 1. The summed E-state index contributed by atoms with van der Waals surface area (Å²) < 4.78 is 10.7. The van der Waals surface area contributed by atoms with Gasteiger partial charge < -0.3 is 14.4 Å². The van der Waals surface area contributed by atoms with Crippen molar-refractivity contribution in [2.24, 2.45) is 0 Å². The zero-order valence-corrected chi connectivity index (χ0v) is 15.0. The van der Waals surface area contributed by atoms with Gasteiger partial charge in [0.2, 0.25) is 5.88 Å². The van der Waals surface area contributed by atoms with E-state index in [1.807, 2.05) is 25.1 Å². The number of aryl methyl sites for hydroxylation is 1. The topological polar surface area (TPSA) is 76.2 Å². The number of methoxy groups -OCH3 is 2. The number of hydrogen-bond acceptors (Lipinski definition) is 6. The molecule has 0 fully saturated rings. The highest BCUT2D eigenvalue weighted by molar-refractivity contribution is 5.97. The molecule has 0 aliphatic heterocycles. The van der Waals surface area contributed by atoms with E-state index >= 15 is 0 Å². The number of hydrogen-bond donors (Lipinski definition) is 1. The first-order valence-electron chi connectivity index (χ1n) is 8.28. The Morgan fingerprint density at radius 1 is 1.24 bits per heavy atom. The first-order valence-corrected chi connectivity index (χ1v) is 8.28. The summed E-state index contributed by atoms with van der Waals surface area (Å²) in [6.45, 7) is 6.33. The molecule has 132 valence electrons. The minimum Gasteiger partial charge on any atom is -0.480 e. The van der Waals surface area contributed by atoms with Crippen LogP contribution >= 0.6 is 0 Å². The lowest BCUT2D eigenvalue weighted by atomic mass is 10.1. The Morgan fingerprint density at radius 2 is 2.08 bits per heavy atom. The van der Waals surface area contributed by atoms with Gasteiger partial charge in [0, 0.05) is 37.7 Å². The van der Waals surface area contributed by atoms with Gasteiger partial charge in [-0.05, 0) is 32.0 Å². The largest absolute Gasteiger partial charge is 0.480 e. The minimum absolute atomic E-state index is 0.573. The lowest BCUT2D eigenvalue weighted by Crippen LogP contribution is -2.27. The first kappa shape index (κ1) is 17.2. The zero-order chi connectivity index (χ0) is 17.8. The fourth-order valence-corrected chi connectivity index (χ4v) is 2.87. The van der Waals surface area contributed by atoms with Gasteiger partial charge in [0.25, 0.3) is 0 Å². The fourth-order valence-electron chi connectivity index (χ4n) is 2.87. The molecule has 1 N–H and O–H groups in total. The highest BCUT2D eigenvalue weighted by atomic mass is 16.5. The molecule has 0 amide bonds. The Morgan fingerprint density at radius 3 is 2.80 bits per heavy atom. The van der Waals surface area contributed by atoms with E-state index in [0.29, 0.717) is 12.5 Å². The monoisotopic (exact) mass is 341 g/mol. The van der Waals surface area contributed by atoms with Crippen molar-refractivity contribution in [1.82, 2.24) is 20.2 Å². The Labute approximate surface area is 147 Å². The summed E-state index contributed by atoms with van der Waals surface area (Å²) in [6, 6.07) is 5.95. The van der Waals surface area contributed by atoms with Gasteiger partial charge in [-0.3, -0.25) is 5.10 Å². The number of nitrogens with one attached hydrogen (secondary N) is 1. The van der Waals surface area contributed by atoms with Crippen LogP contribution in [-0.2, 0) is 4.74 Å². The molecular formula is C18H23N5O2. The molecule has 3 aromatic rings. The molecule has 0 aromatic carbocycles. The van der Waals surface area contributed by atoms with E-state index in [9.17, 15) is 0 Å². The number of aromatic amines is 1. The zero-order valence-electron chi connectivity index (χ0n) is 15.0. The van der Waals surface area contributed by atoms with Gasteiger partial charge in [-0.1, -0.05) is 0 Å². The molecule has 0 bridgehead atoms. The highest BCUT2D eigenvalue weighted by Gasteiger charge is 2.16. The molecule has 0 aliphatic rings. The molecule has 0 spiro atoms. The maximum atomic E-state index is 5.47. The molecule has 0 saturated heterocycles. The van der Waals surface area contributed by atoms with E-state index in [2.05, 4.69) is 32.0 Å². The number of aromatic nitrogens is 4. The van der Waals surface area contributed by atoms with E-state index in [-0.39, 0.29) is 0 Å². The molecule has 0 saturated carbocycles. The fraction of sp³-hybridized carbons (Fsp3) is 0.389. The number of rotatable bonds is 7. The van der Waals surface area contributed by atoms with Crippen molar-refractivity contribution in [1.29, 1.82) is 0 Å². The van der Waals surface area contributed by atoms with Crippen molar-refractivity contribution in [3.63, 3.8) is 0 Å². The Kier molecular flexibility index (Phi) is 5.14. The quantitative estimate of drug-likeness (QED) is 0.712. The van der Waals surface area contributed by atoms with Gasteiger partial charge in [-0.15, -0.1) is 0 Å². The SMILES string of the molecule is CCN(CCOC)c1cc(-c2n[nH]c3cc(C)nc(OC)c23)ccn1. The standard InChI is InChI=1S/C18H23N5O2/c1-5-23(8-9-24-3)15-11-13(6-7-19-15)17-16-14(21-22-17)10-12(2)20-18(16)25-4/h6-7,10-11H,5,8-9H2,1-4H3,(H,21,22). The van der Waals surface area contributed by atoms with Crippen molar-refractivity contribution < 1.29 is 9.47 Å². The number of likely N-dealkylation sites (N-methyl/N-ethyl adjacent to an activating group) is 1. The average molecular weight is 341 g/mol. The van der Waals surface area contributed by atoms with Crippen molar-refractivity contribution in [2.45, 2.75) is 13.8 Å². The molecule has 0 unspecified atom stereocenters. The molecule has 7 nitrogen and oxygen atoms in total. The molecule has 3 aromatic heterocycles. The third-order valence-corrected chi connectivity index (χ3v) is 4.12. The molecule has 0 aliphatic carbocycles. The lowest BCUT2D eigenvalue weighted by Gasteiger charge is -2.21. The summed E-state index contributed by atoms with van der Waals surface area (Å²) >= 11 is 0. The molecule has 0 radical (unpaired) electrons. The van der Waals surface area contributed by atoms with E-state index < -0.39 is 0 Å². The number of anilines is 1. The molecule has 3 rings (SSSR count). The van der Waals surface area contributed by atoms with E-state index in [4.69, 9.17) is 9.47 Å². The third-order valence-electron chi connectivity index (χ3n) is 4.12. The number of pyridine rings is 2. The number of fused-ring (bicyclic) bond motifs is 1. The smallest absolute Gasteiger partial charge is 0.225 e. The Balaban J connectivity index is 2.05. The van der Waals surface area contributed by atoms with Gasteiger partial charge in [-0.25, -0.2) is 9.97 Å². The van der Waals surface area contributed by atoms with Crippen molar-refractivity contribution in [2.75, 3.05) is 38.8 Å². The maximum Gasteiger partial charge on any atom is 0.225 e. The maximum absolute atomic E-state index is 5.47. The van der Waals surface area contributed by atoms with Crippen LogP contribution in [-0.4, -0.2) is 54.1 Å². The third kappa shape index (κ3) is 3.41. The van der Waals surface area contributed by atoms with Crippen LogP contribution in [0.4, 0.5) is 5.82 Å². The summed E-state index contributed by atoms with van der Waals surface area (Å²) in [7, 11) is 3.33. The van der Waals surface area contributed by atoms with Crippen LogP contribution in [0.25, 0.3) is 22.2 Å². The molecule has 0 atom stereocenters. The van der Waals surface area contributed by atoms with E-state index in [1.54, 1.807) is 20.4 Å². The second-order valence-corrected chi connectivity index (χ2v) is 5.74. The van der Waals surface area contributed by atoms with Crippen LogP contribution in [0.3, 0.4) is 0 Å². The van der Waals surface area contributed by atoms with Crippen molar-refractivity contribution in [3.8, 4) is 17.1 Å². The Bertz CT molecular complexity index is 862. The number of ether oxygens (including phenoxy) is 2. The van der Waals surface area contributed by atoms with Crippen LogP contribution in [0, 0.1) is 6.92 Å². The summed E-state index contributed by atoms with van der Waals surface area (Å²) in [5.41, 5.74) is 3.57. The Hall–Kier alpha value is -2.67. The predicted octanol–water partition coefficient (Wildman–Crippen LogP) is 2.81. The second kappa shape index (κ2) is 7.48. The first-order chi connectivity index (χ1) is 12.2. The van der Waals surface area contributed by atoms with Gasteiger partial charge in [0.1, 0.15) is 11.5 Å². The lowest BCUT2D eigenvalue weighted by molar-refractivity contribution is 0.205. The molecule has 3 heterocycles. The summed E-state index contributed by atoms with van der Waals surface area (Å²) in [5.74, 6) is 1.47. The summed E-state index contributed by atoms with van der Waals surface area (Å²) in [5, 5.41) is 8.44. The summed E-state index contributed by atoms with van der Waals surface area (Å²) in [4.78, 5) is 11.1. The van der Waals surface area contributed by atoms with E-state index in [0.717, 1.165) is 46.8 Å². The van der Waals surface area contributed by atoms with Crippen molar-refractivity contribution in [3.05, 3.63) is 30.1 Å². The van der Waals surface area contributed by atoms with Gasteiger partial charge in [-0.2, -0.15) is 5.10 Å².